The molecule has 0 saturated carbocycles. The summed E-state index contributed by atoms with van der Waals surface area (Å²) in [5.41, 5.74) is 5.37. The third kappa shape index (κ3) is 2.15. The minimum Gasteiger partial charge on any atom is -0.357 e. The molecule has 0 aromatic carbocycles. The van der Waals surface area contributed by atoms with Crippen LogP contribution < -0.4 is 5.73 Å². The average molecular weight is 164 g/mol. The molecule has 1 aliphatic heterocycles. The summed E-state index contributed by atoms with van der Waals surface area (Å²) in [5.74, 6) is 1.14. The van der Waals surface area contributed by atoms with E-state index in [1.165, 1.54) is 0 Å². The van der Waals surface area contributed by atoms with Crippen LogP contribution in [0.4, 0.5) is 0 Å². The van der Waals surface area contributed by atoms with Crippen molar-refractivity contribution in [1.29, 1.82) is 0 Å². The van der Waals surface area contributed by atoms with E-state index in [4.69, 9.17) is 5.73 Å². The Morgan fingerprint density at radius 2 is 2.40 bits per heavy atom. The summed E-state index contributed by atoms with van der Waals surface area (Å²) < 4.78 is 0. The minimum absolute atomic E-state index is 0. The Hall–Kier alpha value is -0.280. The number of nitrogens with zero attached hydrogens (tertiary/aromatic N) is 2. The molecule has 0 aliphatic carbocycles. The van der Waals surface area contributed by atoms with E-state index >= 15 is 0 Å². The Labute approximate surface area is 67.7 Å². The molecule has 0 amide bonds. The van der Waals surface area contributed by atoms with Gasteiger partial charge in [0.15, 0.2) is 0 Å². The average Bonchev–Trinajstić information content (AvgIpc) is 2.18. The molecule has 10 heavy (non-hydrogen) atoms. The van der Waals surface area contributed by atoms with E-state index in [1.54, 1.807) is 0 Å². The Morgan fingerprint density at radius 3 is 2.80 bits per heavy atom. The second-order valence-electron chi connectivity index (χ2n) is 2.20. The topological polar surface area (TPSA) is 41.6 Å². The van der Waals surface area contributed by atoms with Crippen LogP contribution in [0.15, 0.2) is 4.99 Å². The smallest absolute Gasteiger partial charge is 0.0959 e. The molecule has 0 fully saturated rings. The SMILES string of the molecule is CC1=NCCN1CCN.Cl. The monoisotopic (exact) mass is 163 g/mol. The predicted octanol–water partition coefficient (Wildman–Crippen LogP) is 0.101. The normalized spacial score (nSPS) is 16.6. The van der Waals surface area contributed by atoms with Gasteiger partial charge in [0.05, 0.1) is 12.4 Å². The van der Waals surface area contributed by atoms with Crippen LogP contribution in [0.2, 0.25) is 0 Å². The number of hydrogen-bond acceptors (Lipinski definition) is 3. The van der Waals surface area contributed by atoms with E-state index in [2.05, 4.69) is 9.89 Å². The summed E-state index contributed by atoms with van der Waals surface area (Å²) >= 11 is 0. The zero-order valence-corrected chi connectivity index (χ0v) is 7.02. The quantitative estimate of drug-likeness (QED) is 0.628. The van der Waals surface area contributed by atoms with Crippen molar-refractivity contribution in [1.82, 2.24) is 4.90 Å². The first kappa shape index (κ1) is 9.72. The first-order valence-corrected chi connectivity index (χ1v) is 3.30. The maximum absolute atomic E-state index is 5.37. The van der Waals surface area contributed by atoms with Crippen molar-refractivity contribution in [3.63, 3.8) is 0 Å². The second kappa shape index (κ2) is 4.52. The maximum Gasteiger partial charge on any atom is 0.0959 e. The highest BCUT2D eigenvalue weighted by Crippen LogP contribution is 1.98. The van der Waals surface area contributed by atoms with E-state index in [-0.39, 0.29) is 12.4 Å². The lowest BCUT2D eigenvalue weighted by Crippen LogP contribution is -2.30. The molecular formula is C6H14ClN3. The van der Waals surface area contributed by atoms with Crippen LogP contribution in [0, 0.1) is 0 Å². The molecule has 3 nitrogen and oxygen atoms in total. The summed E-state index contributed by atoms with van der Waals surface area (Å²) in [6, 6.07) is 0. The fourth-order valence-corrected chi connectivity index (χ4v) is 1.02. The Balaban J connectivity index is 0.000000810. The Bertz CT molecular complexity index is 124. The maximum atomic E-state index is 5.37. The first-order valence-electron chi connectivity index (χ1n) is 3.30. The molecule has 0 aromatic heterocycles. The van der Waals surface area contributed by atoms with Gasteiger partial charge in [-0.3, -0.25) is 4.99 Å². The van der Waals surface area contributed by atoms with E-state index in [1.807, 2.05) is 6.92 Å². The van der Waals surface area contributed by atoms with Crippen molar-refractivity contribution in [3.8, 4) is 0 Å². The van der Waals surface area contributed by atoms with Gasteiger partial charge < -0.3 is 10.6 Å². The Kier molecular flexibility index (Phi) is 4.40. The van der Waals surface area contributed by atoms with Gasteiger partial charge in [-0.2, -0.15) is 0 Å². The lowest BCUT2D eigenvalue weighted by Gasteiger charge is -2.15. The standard InChI is InChI=1S/C6H13N3.ClH/c1-6-8-3-5-9(6)4-2-7;/h2-5,7H2,1H3;1H. The van der Waals surface area contributed by atoms with E-state index in [0.717, 1.165) is 32.0 Å². The van der Waals surface area contributed by atoms with Crippen LogP contribution in [-0.2, 0) is 0 Å². The molecule has 0 unspecified atom stereocenters. The molecule has 1 aliphatic rings. The highest BCUT2D eigenvalue weighted by atomic mass is 35.5. The summed E-state index contributed by atoms with van der Waals surface area (Å²) in [5, 5.41) is 0. The lowest BCUT2D eigenvalue weighted by molar-refractivity contribution is 0.466. The third-order valence-corrected chi connectivity index (χ3v) is 1.57. The molecule has 1 rings (SSSR count). The summed E-state index contributed by atoms with van der Waals surface area (Å²) in [4.78, 5) is 6.43. The Morgan fingerprint density at radius 1 is 1.70 bits per heavy atom. The van der Waals surface area contributed by atoms with Crippen LogP contribution >= 0.6 is 12.4 Å². The van der Waals surface area contributed by atoms with Crippen molar-refractivity contribution in [3.05, 3.63) is 0 Å². The molecule has 2 N–H and O–H groups in total. The summed E-state index contributed by atoms with van der Waals surface area (Å²) in [7, 11) is 0. The predicted molar refractivity (Wildman–Crippen MR) is 45.9 cm³/mol. The van der Waals surface area contributed by atoms with Crippen LogP contribution in [0.5, 0.6) is 0 Å². The van der Waals surface area contributed by atoms with Gasteiger partial charge in [-0.1, -0.05) is 0 Å². The van der Waals surface area contributed by atoms with Gasteiger partial charge >= 0.3 is 0 Å². The number of halogens is 1. The van der Waals surface area contributed by atoms with Crippen molar-refractivity contribution in [2.24, 2.45) is 10.7 Å². The van der Waals surface area contributed by atoms with Crippen molar-refractivity contribution < 1.29 is 0 Å². The highest BCUT2D eigenvalue weighted by Gasteiger charge is 2.09. The van der Waals surface area contributed by atoms with Gasteiger partial charge in [0.25, 0.3) is 0 Å². The zero-order valence-electron chi connectivity index (χ0n) is 6.21. The molecular weight excluding hydrogens is 150 g/mol. The summed E-state index contributed by atoms with van der Waals surface area (Å²) in [6.45, 7) is 5.72. The minimum atomic E-state index is 0. The third-order valence-electron chi connectivity index (χ3n) is 1.57. The highest BCUT2D eigenvalue weighted by molar-refractivity contribution is 5.85. The van der Waals surface area contributed by atoms with Gasteiger partial charge in [0.2, 0.25) is 0 Å². The van der Waals surface area contributed by atoms with Gasteiger partial charge in [0, 0.05) is 19.6 Å². The molecule has 0 spiro atoms. The van der Waals surface area contributed by atoms with E-state index in [9.17, 15) is 0 Å². The zero-order chi connectivity index (χ0) is 6.69. The van der Waals surface area contributed by atoms with E-state index in [0.29, 0.717) is 0 Å². The van der Waals surface area contributed by atoms with Crippen molar-refractivity contribution in [2.45, 2.75) is 6.92 Å². The lowest BCUT2D eigenvalue weighted by atomic mass is 10.5. The molecule has 0 aromatic rings. The molecule has 0 radical (unpaired) electrons. The van der Waals surface area contributed by atoms with Gasteiger partial charge in [0.1, 0.15) is 0 Å². The van der Waals surface area contributed by atoms with Crippen LogP contribution in [0.3, 0.4) is 0 Å². The number of amidine groups is 1. The summed E-state index contributed by atoms with van der Waals surface area (Å²) in [6.07, 6.45) is 0. The van der Waals surface area contributed by atoms with Gasteiger partial charge in [-0.05, 0) is 6.92 Å². The molecule has 60 valence electrons. The molecule has 1 heterocycles. The van der Waals surface area contributed by atoms with Gasteiger partial charge in [-0.15, -0.1) is 12.4 Å². The van der Waals surface area contributed by atoms with Crippen LogP contribution in [-0.4, -0.2) is 36.9 Å². The number of hydrogen-bond donors (Lipinski definition) is 1. The van der Waals surface area contributed by atoms with Crippen molar-refractivity contribution in [2.75, 3.05) is 26.2 Å². The number of rotatable bonds is 2. The number of aliphatic imine (C=N–C) groups is 1. The largest absolute Gasteiger partial charge is 0.357 e. The first-order chi connectivity index (χ1) is 4.34. The van der Waals surface area contributed by atoms with Crippen LogP contribution in [0.25, 0.3) is 0 Å². The molecule has 0 bridgehead atoms. The van der Waals surface area contributed by atoms with Crippen molar-refractivity contribution >= 4 is 18.2 Å². The molecule has 4 heteroatoms. The van der Waals surface area contributed by atoms with Crippen LogP contribution in [0.1, 0.15) is 6.92 Å². The van der Waals surface area contributed by atoms with Gasteiger partial charge in [-0.25, -0.2) is 0 Å². The second-order valence-corrected chi connectivity index (χ2v) is 2.20. The fourth-order valence-electron chi connectivity index (χ4n) is 1.02. The van der Waals surface area contributed by atoms with E-state index < -0.39 is 0 Å². The fraction of sp³-hybridized carbons (Fsp3) is 0.833. The molecule has 0 atom stereocenters. The number of nitrogens with two attached hydrogens (primary N) is 1. The molecule has 0 saturated heterocycles.